The molecule has 5 nitrogen and oxygen atoms in total. The molecule has 3 rings (SSSR count). The summed E-state index contributed by atoms with van der Waals surface area (Å²) in [5.74, 6) is -5.26. The highest BCUT2D eigenvalue weighted by atomic mass is 19.3. The van der Waals surface area contributed by atoms with Gasteiger partial charge >= 0.3 is 5.92 Å². The van der Waals surface area contributed by atoms with Gasteiger partial charge in [0.2, 0.25) is 5.91 Å². The number of para-hydroxylation sites is 1. The molecule has 1 aromatic carbocycles. The fourth-order valence-corrected chi connectivity index (χ4v) is 3.52. The van der Waals surface area contributed by atoms with Crippen LogP contribution in [0.3, 0.4) is 0 Å². The molecule has 0 N–H and O–H groups in total. The molecule has 1 aromatic rings. The van der Waals surface area contributed by atoms with Crippen molar-refractivity contribution >= 4 is 17.5 Å². The third-order valence-electron chi connectivity index (χ3n) is 4.82. The summed E-state index contributed by atoms with van der Waals surface area (Å²) in [6, 6.07) is 6.86. The molecule has 130 valence electrons. The van der Waals surface area contributed by atoms with E-state index in [4.69, 9.17) is 4.74 Å². The lowest BCUT2D eigenvalue weighted by molar-refractivity contribution is -0.165. The lowest BCUT2D eigenvalue weighted by Gasteiger charge is -2.33. The highest BCUT2D eigenvalue weighted by Gasteiger charge is 2.55. The van der Waals surface area contributed by atoms with Crippen LogP contribution in [0.4, 0.5) is 14.5 Å². The van der Waals surface area contributed by atoms with Gasteiger partial charge in [-0.1, -0.05) is 18.2 Å². The molecule has 2 amide bonds. The first-order valence-electron chi connectivity index (χ1n) is 7.90. The maximum absolute atomic E-state index is 14.7. The number of fused-ring (bicyclic) bond motifs is 1. The van der Waals surface area contributed by atoms with Gasteiger partial charge in [0.25, 0.3) is 5.91 Å². The van der Waals surface area contributed by atoms with E-state index in [9.17, 15) is 18.4 Å². The van der Waals surface area contributed by atoms with Crippen molar-refractivity contribution in [3.05, 3.63) is 29.8 Å². The molecule has 1 fully saturated rings. The first-order chi connectivity index (χ1) is 11.3. The van der Waals surface area contributed by atoms with Gasteiger partial charge in [0.15, 0.2) is 0 Å². The Morgan fingerprint density at radius 2 is 1.92 bits per heavy atom. The molecule has 0 bridgehead atoms. The van der Waals surface area contributed by atoms with Crippen LogP contribution >= 0.6 is 0 Å². The van der Waals surface area contributed by atoms with Crippen molar-refractivity contribution in [1.29, 1.82) is 0 Å². The minimum absolute atomic E-state index is 0.148. The van der Waals surface area contributed by atoms with Crippen LogP contribution in [0.15, 0.2) is 24.3 Å². The maximum atomic E-state index is 14.7. The summed E-state index contributed by atoms with van der Waals surface area (Å²) in [5.41, 5.74) is -0.275. The number of ether oxygens (including phenoxy) is 1. The van der Waals surface area contributed by atoms with Crippen molar-refractivity contribution in [1.82, 2.24) is 4.90 Å². The number of carbonyl (C=O) groups excluding carboxylic acids is 2. The highest BCUT2D eigenvalue weighted by molar-refractivity contribution is 6.07. The molecular weight excluding hydrogens is 318 g/mol. The van der Waals surface area contributed by atoms with E-state index in [1.807, 2.05) is 0 Å². The standard InChI is InChI=1S/C17H20F2N2O3/c1-16(12-5-3-4-6-13(12)20(2)14(16)22)11-17(18,19)15(23)21-7-9-24-10-8-21/h3-6H,7-11H2,1-2H3. The molecule has 2 aliphatic heterocycles. The molecule has 1 unspecified atom stereocenters. The lowest BCUT2D eigenvalue weighted by Crippen LogP contribution is -2.52. The van der Waals surface area contributed by atoms with E-state index >= 15 is 0 Å². The van der Waals surface area contributed by atoms with Crippen molar-refractivity contribution < 1.29 is 23.1 Å². The number of benzene rings is 1. The fraction of sp³-hybridized carbons (Fsp3) is 0.529. The Balaban J connectivity index is 1.88. The van der Waals surface area contributed by atoms with E-state index in [0.717, 1.165) is 4.90 Å². The van der Waals surface area contributed by atoms with Crippen LogP contribution in [0, 0.1) is 0 Å². The van der Waals surface area contributed by atoms with Gasteiger partial charge in [-0.25, -0.2) is 0 Å². The third kappa shape index (κ3) is 2.56. The molecule has 0 radical (unpaired) electrons. The minimum atomic E-state index is -3.61. The second kappa shape index (κ2) is 5.81. The molecule has 24 heavy (non-hydrogen) atoms. The monoisotopic (exact) mass is 338 g/mol. The lowest BCUT2D eigenvalue weighted by atomic mass is 9.78. The number of amides is 2. The number of carbonyl (C=O) groups is 2. The van der Waals surface area contributed by atoms with E-state index < -0.39 is 29.6 Å². The number of hydrogen-bond donors (Lipinski definition) is 0. The summed E-state index contributed by atoms with van der Waals surface area (Å²) in [4.78, 5) is 27.3. The van der Waals surface area contributed by atoms with Gasteiger partial charge in [0, 0.05) is 32.2 Å². The predicted molar refractivity (Wildman–Crippen MR) is 84.2 cm³/mol. The summed E-state index contributed by atoms with van der Waals surface area (Å²) >= 11 is 0. The van der Waals surface area contributed by atoms with Crippen molar-refractivity contribution in [2.75, 3.05) is 38.3 Å². The molecule has 2 heterocycles. The van der Waals surface area contributed by atoms with Crippen LogP contribution in [-0.4, -0.2) is 56.0 Å². The van der Waals surface area contributed by atoms with Gasteiger partial charge in [-0.3, -0.25) is 9.59 Å². The fourth-order valence-electron chi connectivity index (χ4n) is 3.52. The Labute approximate surface area is 139 Å². The average molecular weight is 338 g/mol. The smallest absolute Gasteiger partial charge is 0.326 e. The molecule has 0 saturated carbocycles. The van der Waals surface area contributed by atoms with E-state index in [1.54, 1.807) is 31.3 Å². The predicted octanol–water partition coefficient (Wildman–Crippen LogP) is 1.80. The van der Waals surface area contributed by atoms with Crippen LogP contribution in [0.25, 0.3) is 0 Å². The summed E-state index contributed by atoms with van der Waals surface area (Å²) in [6.07, 6.45) is -0.837. The van der Waals surface area contributed by atoms with Gasteiger partial charge in [-0.05, 0) is 18.6 Å². The minimum Gasteiger partial charge on any atom is -0.378 e. The summed E-state index contributed by atoms with van der Waals surface area (Å²) in [5, 5.41) is 0. The zero-order valence-corrected chi connectivity index (χ0v) is 13.7. The van der Waals surface area contributed by atoms with E-state index in [1.165, 1.54) is 11.8 Å². The third-order valence-corrected chi connectivity index (χ3v) is 4.82. The number of hydrogen-bond acceptors (Lipinski definition) is 3. The molecule has 0 aromatic heterocycles. The number of nitrogens with zero attached hydrogens (tertiary/aromatic N) is 2. The van der Waals surface area contributed by atoms with Crippen molar-refractivity contribution in [3.8, 4) is 0 Å². The first-order valence-corrected chi connectivity index (χ1v) is 7.90. The number of likely N-dealkylation sites (N-methyl/N-ethyl adjacent to an activating group) is 1. The van der Waals surface area contributed by atoms with Crippen LogP contribution in [0.5, 0.6) is 0 Å². The molecule has 0 aliphatic carbocycles. The van der Waals surface area contributed by atoms with Crippen molar-refractivity contribution in [2.24, 2.45) is 0 Å². The van der Waals surface area contributed by atoms with Crippen LogP contribution < -0.4 is 4.90 Å². The first kappa shape index (κ1) is 16.8. The molecule has 1 atom stereocenters. The van der Waals surface area contributed by atoms with E-state index in [-0.39, 0.29) is 26.3 Å². The second-order valence-corrected chi connectivity index (χ2v) is 6.50. The van der Waals surface area contributed by atoms with Gasteiger partial charge in [0.1, 0.15) is 0 Å². The van der Waals surface area contributed by atoms with Gasteiger partial charge in [0.05, 0.1) is 18.6 Å². The zero-order chi connectivity index (χ0) is 17.5. The molecule has 1 saturated heterocycles. The number of anilines is 1. The van der Waals surface area contributed by atoms with Crippen LogP contribution in [-0.2, 0) is 19.7 Å². The topological polar surface area (TPSA) is 49.9 Å². The quantitative estimate of drug-likeness (QED) is 0.844. The molecular formula is C17H20F2N2O3. The van der Waals surface area contributed by atoms with Crippen molar-refractivity contribution in [3.63, 3.8) is 0 Å². The Hall–Kier alpha value is -2.02. The zero-order valence-electron chi connectivity index (χ0n) is 13.7. The Morgan fingerprint density at radius 1 is 1.29 bits per heavy atom. The Bertz CT molecular complexity index is 674. The Kier molecular flexibility index (Phi) is 4.07. The Morgan fingerprint density at radius 3 is 2.58 bits per heavy atom. The maximum Gasteiger partial charge on any atom is 0.326 e. The van der Waals surface area contributed by atoms with Gasteiger partial charge in [-0.2, -0.15) is 8.78 Å². The average Bonchev–Trinajstić information content (AvgIpc) is 2.77. The number of rotatable bonds is 3. The molecule has 0 spiro atoms. The van der Waals surface area contributed by atoms with Gasteiger partial charge in [-0.15, -0.1) is 0 Å². The normalized spacial score (nSPS) is 24.2. The largest absolute Gasteiger partial charge is 0.378 e. The van der Waals surface area contributed by atoms with Gasteiger partial charge < -0.3 is 14.5 Å². The number of halogens is 2. The second-order valence-electron chi connectivity index (χ2n) is 6.50. The number of alkyl halides is 2. The van der Waals surface area contributed by atoms with Crippen LogP contribution in [0.2, 0.25) is 0 Å². The molecule has 7 heteroatoms. The highest BCUT2D eigenvalue weighted by Crippen LogP contribution is 2.46. The molecule has 2 aliphatic rings. The number of morpholine rings is 1. The summed E-state index contributed by atoms with van der Waals surface area (Å²) in [7, 11) is 1.56. The summed E-state index contributed by atoms with van der Waals surface area (Å²) < 4.78 is 34.5. The van der Waals surface area contributed by atoms with E-state index in [0.29, 0.717) is 11.3 Å². The SMILES string of the molecule is CN1C(=O)C(C)(CC(F)(F)C(=O)N2CCOCC2)c2ccccc21. The summed E-state index contributed by atoms with van der Waals surface area (Å²) in [6.45, 7) is 2.29. The van der Waals surface area contributed by atoms with Crippen molar-refractivity contribution in [2.45, 2.75) is 24.7 Å². The van der Waals surface area contributed by atoms with E-state index in [2.05, 4.69) is 0 Å². The van der Waals surface area contributed by atoms with Crippen LogP contribution in [0.1, 0.15) is 18.9 Å².